The Morgan fingerprint density at radius 1 is 1.25 bits per heavy atom. The van der Waals surface area contributed by atoms with Gasteiger partial charge in [0.05, 0.1) is 13.3 Å². The third-order valence-corrected chi connectivity index (χ3v) is 3.15. The van der Waals surface area contributed by atoms with Crippen molar-refractivity contribution in [3.05, 3.63) is 30.5 Å². The summed E-state index contributed by atoms with van der Waals surface area (Å²) in [6.07, 6.45) is 1.84. The zero-order chi connectivity index (χ0) is 10.7. The zero-order valence-corrected chi connectivity index (χ0v) is 10.7. The Labute approximate surface area is 105 Å². The van der Waals surface area contributed by atoms with Crippen molar-refractivity contribution < 1.29 is 4.74 Å². The van der Waals surface area contributed by atoms with Gasteiger partial charge in [-0.05, 0) is 24.3 Å². The molecule has 0 atom stereocenters. The molecule has 0 saturated carbocycles. The molecule has 0 bridgehead atoms. The van der Waals surface area contributed by atoms with Crippen molar-refractivity contribution in [2.45, 2.75) is 0 Å². The van der Waals surface area contributed by atoms with Crippen LogP contribution < -0.4 is 10.1 Å². The van der Waals surface area contributed by atoms with Crippen LogP contribution in [0.15, 0.2) is 30.5 Å². The SMILES string of the molecule is CNc1cnc(-c2ccc(OC)cc2)s1.Cl. The van der Waals surface area contributed by atoms with E-state index in [1.807, 2.05) is 37.5 Å². The van der Waals surface area contributed by atoms with E-state index in [1.54, 1.807) is 18.4 Å². The molecule has 2 rings (SSSR count). The topological polar surface area (TPSA) is 34.2 Å². The van der Waals surface area contributed by atoms with Gasteiger partial charge in [0.15, 0.2) is 0 Å². The van der Waals surface area contributed by atoms with E-state index >= 15 is 0 Å². The molecule has 0 unspecified atom stereocenters. The number of ether oxygens (including phenoxy) is 1. The van der Waals surface area contributed by atoms with Gasteiger partial charge in [-0.25, -0.2) is 4.98 Å². The van der Waals surface area contributed by atoms with Crippen molar-refractivity contribution in [1.82, 2.24) is 4.98 Å². The fraction of sp³-hybridized carbons (Fsp3) is 0.182. The molecule has 0 fully saturated rings. The molecule has 1 aromatic heterocycles. The second-order valence-corrected chi connectivity index (χ2v) is 4.04. The highest BCUT2D eigenvalue weighted by atomic mass is 35.5. The maximum Gasteiger partial charge on any atom is 0.125 e. The Morgan fingerprint density at radius 2 is 1.94 bits per heavy atom. The van der Waals surface area contributed by atoms with Gasteiger partial charge in [-0.3, -0.25) is 0 Å². The smallest absolute Gasteiger partial charge is 0.125 e. The molecule has 86 valence electrons. The van der Waals surface area contributed by atoms with E-state index in [-0.39, 0.29) is 12.4 Å². The number of nitrogens with zero attached hydrogens (tertiary/aromatic N) is 1. The normalized spacial score (nSPS) is 9.38. The van der Waals surface area contributed by atoms with Crippen molar-refractivity contribution in [1.29, 1.82) is 0 Å². The summed E-state index contributed by atoms with van der Waals surface area (Å²) in [5.74, 6) is 0.865. The van der Waals surface area contributed by atoms with Crippen molar-refractivity contribution in [2.75, 3.05) is 19.5 Å². The van der Waals surface area contributed by atoms with Gasteiger partial charge in [-0.2, -0.15) is 0 Å². The predicted molar refractivity (Wildman–Crippen MR) is 70.9 cm³/mol. The Balaban J connectivity index is 0.00000128. The van der Waals surface area contributed by atoms with Gasteiger partial charge >= 0.3 is 0 Å². The maximum absolute atomic E-state index is 5.10. The molecule has 0 aliphatic rings. The molecule has 0 aliphatic heterocycles. The lowest BCUT2D eigenvalue weighted by Crippen LogP contribution is -1.81. The number of nitrogens with one attached hydrogen (secondary N) is 1. The molecule has 0 amide bonds. The lowest BCUT2D eigenvalue weighted by molar-refractivity contribution is 0.415. The number of thiazole rings is 1. The highest BCUT2D eigenvalue weighted by molar-refractivity contribution is 7.18. The summed E-state index contributed by atoms with van der Waals surface area (Å²) < 4.78 is 5.10. The number of methoxy groups -OCH3 is 1. The summed E-state index contributed by atoms with van der Waals surface area (Å²) in [6, 6.07) is 7.90. The maximum atomic E-state index is 5.10. The molecule has 5 heteroatoms. The van der Waals surface area contributed by atoms with Crippen LogP contribution in [0.1, 0.15) is 0 Å². The van der Waals surface area contributed by atoms with Gasteiger partial charge in [-0.1, -0.05) is 11.3 Å². The van der Waals surface area contributed by atoms with Gasteiger partial charge < -0.3 is 10.1 Å². The van der Waals surface area contributed by atoms with Crippen molar-refractivity contribution in [2.24, 2.45) is 0 Å². The standard InChI is InChI=1S/C11H12N2OS.ClH/c1-12-10-7-13-11(15-10)8-3-5-9(14-2)6-4-8;/h3-7,12H,1-2H3;1H. The van der Waals surface area contributed by atoms with Gasteiger partial charge in [0.2, 0.25) is 0 Å². The van der Waals surface area contributed by atoms with Gasteiger partial charge in [0.1, 0.15) is 15.8 Å². The van der Waals surface area contributed by atoms with Crippen LogP contribution in [0.4, 0.5) is 5.00 Å². The number of hydrogen-bond donors (Lipinski definition) is 1. The molecule has 1 N–H and O–H groups in total. The first kappa shape index (κ1) is 12.8. The second-order valence-electron chi connectivity index (χ2n) is 3.01. The molecule has 0 spiro atoms. The Hall–Kier alpha value is -1.26. The van der Waals surface area contributed by atoms with E-state index in [0.717, 1.165) is 21.3 Å². The first-order valence-corrected chi connectivity index (χ1v) is 5.43. The largest absolute Gasteiger partial charge is 0.497 e. The van der Waals surface area contributed by atoms with Crippen LogP contribution in [0.25, 0.3) is 10.6 Å². The van der Waals surface area contributed by atoms with E-state index in [9.17, 15) is 0 Å². The number of hydrogen-bond acceptors (Lipinski definition) is 4. The summed E-state index contributed by atoms with van der Waals surface area (Å²) in [7, 11) is 3.56. The van der Waals surface area contributed by atoms with Crippen molar-refractivity contribution >= 4 is 28.7 Å². The highest BCUT2D eigenvalue weighted by Crippen LogP contribution is 2.29. The minimum atomic E-state index is 0. The van der Waals surface area contributed by atoms with Crippen LogP contribution in [-0.2, 0) is 0 Å². The highest BCUT2D eigenvalue weighted by Gasteiger charge is 2.03. The van der Waals surface area contributed by atoms with Crippen LogP contribution in [0.3, 0.4) is 0 Å². The Morgan fingerprint density at radius 3 is 2.44 bits per heavy atom. The fourth-order valence-electron chi connectivity index (χ4n) is 1.26. The monoisotopic (exact) mass is 256 g/mol. The van der Waals surface area contributed by atoms with E-state index in [0.29, 0.717) is 0 Å². The molecular weight excluding hydrogens is 244 g/mol. The number of benzene rings is 1. The van der Waals surface area contributed by atoms with Crippen LogP contribution >= 0.6 is 23.7 Å². The van der Waals surface area contributed by atoms with Crippen LogP contribution in [0.5, 0.6) is 5.75 Å². The van der Waals surface area contributed by atoms with Crippen LogP contribution in [0, 0.1) is 0 Å². The van der Waals surface area contributed by atoms with E-state index < -0.39 is 0 Å². The predicted octanol–water partition coefficient (Wildman–Crippen LogP) is 3.28. The Bertz CT molecular complexity index is 442. The molecule has 2 aromatic rings. The Kier molecular flexibility index (Phi) is 4.58. The minimum Gasteiger partial charge on any atom is -0.497 e. The van der Waals surface area contributed by atoms with Crippen molar-refractivity contribution in [3.63, 3.8) is 0 Å². The third kappa shape index (κ3) is 2.65. The summed E-state index contributed by atoms with van der Waals surface area (Å²) in [5, 5.41) is 5.16. The first-order valence-electron chi connectivity index (χ1n) is 4.61. The average molecular weight is 257 g/mol. The average Bonchev–Trinajstić information content (AvgIpc) is 2.78. The molecule has 1 heterocycles. The molecule has 1 aromatic carbocycles. The fourth-order valence-corrected chi connectivity index (χ4v) is 2.03. The number of aromatic nitrogens is 1. The quantitative estimate of drug-likeness (QED) is 0.915. The molecule has 3 nitrogen and oxygen atoms in total. The lowest BCUT2D eigenvalue weighted by atomic mass is 10.2. The third-order valence-electron chi connectivity index (χ3n) is 2.09. The summed E-state index contributed by atoms with van der Waals surface area (Å²) in [4.78, 5) is 4.33. The van der Waals surface area contributed by atoms with Gasteiger partial charge in [0, 0.05) is 12.6 Å². The van der Waals surface area contributed by atoms with E-state index in [1.165, 1.54) is 0 Å². The molecular formula is C11H13ClN2OS. The number of halogens is 1. The molecule has 0 radical (unpaired) electrons. The summed E-state index contributed by atoms with van der Waals surface area (Å²) in [5.41, 5.74) is 1.11. The summed E-state index contributed by atoms with van der Waals surface area (Å²) in [6.45, 7) is 0. The second kappa shape index (κ2) is 5.72. The van der Waals surface area contributed by atoms with Crippen LogP contribution in [0.2, 0.25) is 0 Å². The molecule has 16 heavy (non-hydrogen) atoms. The van der Waals surface area contributed by atoms with Gasteiger partial charge in [0.25, 0.3) is 0 Å². The zero-order valence-electron chi connectivity index (χ0n) is 9.06. The van der Waals surface area contributed by atoms with E-state index in [2.05, 4.69) is 10.3 Å². The molecule has 0 aliphatic carbocycles. The lowest BCUT2D eigenvalue weighted by Gasteiger charge is -1.99. The van der Waals surface area contributed by atoms with E-state index in [4.69, 9.17) is 4.74 Å². The van der Waals surface area contributed by atoms with Gasteiger partial charge in [-0.15, -0.1) is 12.4 Å². The van der Waals surface area contributed by atoms with Crippen molar-refractivity contribution in [3.8, 4) is 16.3 Å². The first-order chi connectivity index (χ1) is 7.33. The van der Waals surface area contributed by atoms with Crippen LogP contribution in [-0.4, -0.2) is 19.1 Å². The summed E-state index contributed by atoms with van der Waals surface area (Å²) >= 11 is 1.64. The minimum absolute atomic E-state index is 0. The number of rotatable bonds is 3. The number of anilines is 1. The molecule has 0 saturated heterocycles.